The molecular weight excluding hydrogens is 476 g/mol. The first kappa shape index (κ1) is 23.5. The fourth-order valence-electron chi connectivity index (χ4n) is 3.17. The van der Waals surface area contributed by atoms with E-state index in [0.29, 0.717) is 41.0 Å². The zero-order chi connectivity index (χ0) is 24.0. The average molecular weight is 497 g/mol. The molecule has 4 aromatic rings. The van der Waals surface area contributed by atoms with Gasteiger partial charge in [-0.3, -0.25) is 9.52 Å². The van der Waals surface area contributed by atoms with Crippen LogP contribution in [0.4, 0.5) is 11.4 Å². The summed E-state index contributed by atoms with van der Waals surface area (Å²) in [5.74, 6) is 0.781. The molecule has 10 heteroatoms. The molecule has 0 fully saturated rings. The third kappa shape index (κ3) is 6.21. The molecule has 0 saturated carbocycles. The molecule has 1 amide bonds. The molecule has 0 aliphatic rings. The number of carbonyl (C=O) groups excluding carboxylic acids is 1. The van der Waals surface area contributed by atoms with Crippen molar-refractivity contribution in [2.45, 2.75) is 24.2 Å². The second kappa shape index (κ2) is 10.5. The van der Waals surface area contributed by atoms with Gasteiger partial charge >= 0.3 is 0 Å². The maximum absolute atomic E-state index is 12.6. The second-order valence-electron chi connectivity index (χ2n) is 7.42. The Balaban J connectivity index is 1.27. The van der Waals surface area contributed by atoms with E-state index in [1.165, 1.54) is 30.3 Å². The van der Waals surface area contributed by atoms with Crippen LogP contribution in [0.25, 0.3) is 11.4 Å². The second-order valence-corrected chi connectivity index (χ2v) is 9.54. The Morgan fingerprint density at radius 2 is 1.71 bits per heavy atom. The third-order valence-electron chi connectivity index (χ3n) is 4.82. The molecular formula is C24H21ClN4O4S. The SMILES string of the molecule is O=C(CCCc1nc(-c2ccccc2)no1)Nc1ccc(S(=O)(=O)Nc2cccc(Cl)c2)cc1. The number of carbonyl (C=O) groups is 1. The highest BCUT2D eigenvalue weighted by molar-refractivity contribution is 7.92. The Morgan fingerprint density at radius 3 is 2.44 bits per heavy atom. The normalized spacial score (nSPS) is 11.2. The zero-order valence-electron chi connectivity index (χ0n) is 17.9. The topological polar surface area (TPSA) is 114 Å². The largest absolute Gasteiger partial charge is 0.339 e. The van der Waals surface area contributed by atoms with Gasteiger partial charge in [-0.05, 0) is 48.9 Å². The van der Waals surface area contributed by atoms with Crippen molar-refractivity contribution in [3.05, 3.63) is 89.8 Å². The molecule has 174 valence electrons. The van der Waals surface area contributed by atoms with E-state index >= 15 is 0 Å². The maximum atomic E-state index is 12.6. The van der Waals surface area contributed by atoms with E-state index in [1.807, 2.05) is 30.3 Å². The highest BCUT2D eigenvalue weighted by atomic mass is 35.5. The van der Waals surface area contributed by atoms with Gasteiger partial charge in [-0.2, -0.15) is 4.98 Å². The van der Waals surface area contributed by atoms with Crippen molar-refractivity contribution in [3.8, 4) is 11.4 Å². The Bertz CT molecular complexity index is 1370. The first-order chi connectivity index (χ1) is 16.4. The number of aromatic nitrogens is 2. The minimum Gasteiger partial charge on any atom is -0.339 e. The minimum absolute atomic E-state index is 0.0658. The number of hydrogen-bond donors (Lipinski definition) is 2. The predicted octanol–water partition coefficient (Wildman–Crippen LogP) is 5.15. The monoisotopic (exact) mass is 496 g/mol. The summed E-state index contributed by atoms with van der Waals surface area (Å²) < 4.78 is 32.8. The summed E-state index contributed by atoms with van der Waals surface area (Å²) in [6.07, 6.45) is 1.25. The summed E-state index contributed by atoms with van der Waals surface area (Å²) in [6.45, 7) is 0. The number of hydrogen-bond acceptors (Lipinski definition) is 6. The van der Waals surface area contributed by atoms with Crippen LogP contribution in [0.5, 0.6) is 0 Å². The van der Waals surface area contributed by atoms with Crippen molar-refractivity contribution in [1.82, 2.24) is 10.1 Å². The van der Waals surface area contributed by atoms with Crippen LogP contribution in [0, 0.1) is 0 Å². The van der Waals surface area contributed by atoms with E-state index in [-0.39, 0.29) is 17.2 Å². The minimum atomic E-state index is -3.78. The van der Waals surface area contributed by atoms with Crippen molar-refractivity contribution in [1.29, 1.82) is 0 Å². The molecule has 0 atom stereocenters. The molecule has 0 bridgehead atoms. The van der Waals surface area contributed by atoms with Crippen molar-refractivity contribution >= 4 is 38.9 Å². The standard InChI is InChI=1S/C24H21ClN4O4S/c25-18-8-4-9-20(16-18)29-34(31,32)21-14-12-19(13-15-21)26-22(30)10-5-11-23-27-24(28-33-23)17-6-2-1-3-7-17/h1-4,6-9,12-16,29H,5,10-11H2,(H,26,30). The lowest BCUT2D eigenvalue weighted by atomic mass is 10.2. The number of amides is 1. The number of rotatable bonds is 9. The first-order valence-corrected chi connectivity index (χ1v) is 12.3. The molecule has 0 saturated heterocycles. The summed E-state index contributed by atoms with van der Waals surface area (Å²) in [4.78, 5) is 16.7. The summed E-state index contributed by atoms with van der Waals surface area (Å²) >= 11 is 5.90. The summed E-state index contributed by atoms with van der Waals surface area (Å²) in [6, 6.07) is 21.8. The quantitative estimate of drug-likeness (QED) is 0.331. The highest BCUT2D eigenvalue weighted by Gasteiger charge is 2.15. The van der Waals surface area contributed by atoms with Crippen LogP contribution < -0.4 is 10.0 Å². The Morgan fingerprint density at radius 1 is 0.941 bits per heavy atom. The van der Waals surface area contributed by atoms with Crippen LogP contribution in [0.3, 0.4) is 0 Å². The van der Waals surface area contributed by atoms with Gasteiger partial charge in [0.05, 0.1) is 10.6 Å². The van der Waals surface area contributed by atoms with Gasteiger partial charge in [-0.15, -0.1) is 0 Å². The molecule has 2 N–H and O–H groups in total. The number of nitrogens with zero attached hydrogens (tertiary/aromatic N) is 2. The van der Waals surface area contributed by atoms with Crippen molar-refractivity contribution < 1.29 is 17.7 Å². The Hall–Kier alpha value is -3.69. The molecule has 0 spiro atoms. The summed E-state index contributed by atoms with van der Waals surface area (Å²) in [5.41, 5.74) is 1.72. The molecule has 0 unspecified atom stereocenters. The van der Waals surface area contributed by atoms with E-state index in [1.54, 1.807) is 18.2 Å². The number of aryl methyl sites for hydroxylation is 1. The summed E-state index contributed by atoms with van der Waals surface area (Å²) in [5, 5.41) is 7.14. The summed E-state index contributed by atoms with van der Waals surface area (Å²) in [7, 11) is -3.78. The Kier molecular flexibility index (Phi) is 7.24. The fourth-order valence-corrected chi connectivity index (χ4v) is 4.41. The predicted molar refractivity (Wildman–Crippen MR) is 130 cm³/mol. The van der Waals surface area contributed by atoms with E-state index < -0.39 is 10.0 Å². The van der Waals surface area contributed by atoms with Crippen LogP contribution in [-0.4, -0.2) is 24.5 Å². The van der Waals surface area contributed by atoms with Crippen molar-refractivity contribution in [2.75, 3.05) is 10.0 Å². The van der Waals surface area contributed by atoms with Crippen LogP contribution in [0.1, 0.15) is 18.7 Å². The molecule has 4 rings (SSSR count). The lowest BCUT2D eigenvalue weighted by Crippen LogP contribution is -2.14. The number of benzene rings is 3. The van der Waals surface area contributed by atoms with Gasteiger partial charge < -0.3 is 9.84 Å². The number of anilines is 2. The van der Waals surface area contributed by atoms with Crippen LogP contribution in [-0.2, 0) is 21.2 Å². The molecule has 8 nitrogen and oxygen atoms in total. The third-order valence-corrected chi connectivity index (χ3v) is 6.45. The molecule has 1 heterocycles. The number of nitrogens with one attached hydrogen (secondary N) is 2. The number of halogens is 1. The zero-order valence-corrected chi connectivity index (χ0v) is 19.5. The molecule has 34 heavy (non-hydrogen) atoms. The molecule has 1 aromatic heterocycles. The van der Waals surface area contributed by atoms with Gasteiger partial charge in [0.15, 0.2) is 0 Å². The maximum Gasteiger partial charge on any atom is 0.261 e. The van der Waals surface area contributed by atoms with Gasteiger partial charge in [0.25, 0.3) is 10.0 Å². The van der Waals surface area contributed by atoms with Gasteiger partial charge in [0.1, 0.15) is 0 Å². The van der Waals surface area contributed by atoms with Crippen LogP contribution in [0.15, 0.2) is 88.3 Å². The Labute approximate surface area is 202 Å². The highest BCUT2D eigenvalue weighted by Crippen LogP contribution is 2.21. The van der Waals surface area contributed by atoms with Gasteiger partial charge in [0.2, 0.25) is 17.6 Å². The van der Waals surface area contributed by atoms with Crippen LogP contribution >= 0.6 is 11.6 Å². The molecule has 0 aliphatic carbocycles. The lowest BCUT2D eigenvalue weighted by molar-refractivity contribution is -0.116. The first-order valence-electron chi connectivity index (χ1n) is 10.5. The van der Waals surface area contributed by atoms with Gasteiger partial charge in [0, 0.05) is 29.1 Å². The number of sulfonamides is 1. The van der Waals surface area contributed by atoms with Crippen molar-refractivity contribution in [2.24, 2.45) is 0 Å². The van der Waals surface area contributed by atoms with Gasteiger partial charge in [-0.25, -0.2) is 8.42 Å². The molecule has 3 aromatic carbocycles. The van der Waals surface area contributed by atoms with Crippen molar-refractivity contribution in [3.63, 3.8) is 0 Å². The van der Waals surface area contributed by atoms with Gasteiger partial charge in [-0.1, -0.05) is 53.2 Å². The molecule has 0 radical (unpaired) electrons. The van der Waals surface area contributed by atoms with E-state index in [9.17, 15) is 13.2 Å². The molecule has 0 aliphatic heterocycles. The van der Waals surface area contributed by atoms with Crippen LogP contribution in [0.2, 0.25) is 5.02 Å². The lowest BCUT2D eigenvalue weighted by Gasteiger charge is -2.10. The average Bonchev–Trinajstić information content (AvgIpc) is 3.29. The van der Waals surface area contributed by atoms with E-state index in [0.717, 1.165) is 5.56 Å². The van der Waals surface area contributed by atoms with E-state index in [4.69, 9.17) is 16.1 Å². The van der Waals surface area contributed by atoms with E-state index in [2.05, 4.69) is 20.2 Å². The smallest absolute Gasteiger partial charge is 0.261 e. The fraction of sp³-hybridized carbons (Fsp3) is 0.125.